The average Bonchev–Trinajstić information content (AvgIpc) is 2.99. The van der Waals surface area contributed by atoms with Gasteiger partial charge >= 0.3 is 0 Å². The van der Waals surface area contributed by atoms with Gasteiger partial charge in [0.05, 0.1) is 0 Å². The standard InChI is InChI=1S/C12H19N3/c1-4-11-7-12(15-9(3)14-11)13-8(2)10-5-6-10/h7-8,10H,4-6H2,1-3H3,(H,13,14,15). The van der Waals surface area contributed by atoms with E-state index in [0.29, 0.717) is 6.04 Å². The summed E-state index contributed by atoms with van der Waals surface area (Å²) < 4.78 is 0. The summed E-state index contributed by atoms with van der Waals surface area (Å²) in [6.07, 6.45) is 3.69. The second-order valence-corrected chi connectivity index (χ2v) is 4.42. The molecule has 0 aromatic carbocycles. The second kappa shape index (κ2) is 4.17. The Balaban J connectivity index is 2.08. The third-order valence-electron chi connectivity index (χ3n) is 2.96. The Morgan fingerprint density at radius 1 is 1.47 bits per heavy atom. The molecule has 1 fully saturated rings. The second-order valence-electron chi connectivity index (χ2n) is 4.42. The van der Waals surface area contributed by atoms with Crippen LogP contribution >= 0.6 is 0 Å². The molecule has 0 aliphatic heterocycles. The molecule has 1 heterocycles. The van der Waals surface area contributed by atoms with Gasteiger partial charge in [0, 0.05) is 17.8 Å². The molecule has 1 aromatic rings. The molecule has 3 heteroatoms. The number of anilines is 1. The maximum absolute atomic E-state index is 4.41. The van der Waals surface area contributed by atoms with Crippen LogP contribution in [0, 0.1) is 12.8 Å². The first-order valence-corrected chi connectivity index (χ1v) is 5.80. The molecule has 1 saturated carbocycles. The van der Waals surface area contributed by atoms with Gasteiger partial charge in [0.2, 0.25) is 0 Å². The summed E-state index contributed by atoms with van der Waals surface area (Å²) in [5, 5.41) is 3.47. The third-order valence-corrected chi connectivity index (χ3v) is 2.96. The van der Waals surface area contributed by atoms with Gasteiger partial charge < -0.3 is 5.32 Å². The highest BCUT2D eigenvalue weighted by molar-refractivity contribution is 5.37. The Morgan fingerprint density at radius 2 is 2.20 bits per heavy atom. The molecule has 0 radical (unpaired) electrons. The molecule has 1 aliphatic rings. The zero-order chi connectivity index (χ0) is 10.8. The number of nitrogens with one attached hydrogen (secondary N) is 1. The predicted octanol–water partition coefficient (Wildman–Crippen LogP) is 2.56. The molecular weight excluding hydrogens is 186 g/mol. The van der Waals surface area contributed by atoms with E-state index in [4.69, 9.17) is 0 Å². The number of aromatic nitrogens is 2. The SMILES string of the molecule is CCc1cc(NC(C)C2CC2)nc(C)n1. The first kappa shape index (κ1) is 10.4. The zero-order valence-electron chi connectivity index (χ0n) is 9.75. The summed E-state index contributed by atoms with van der Waals surface area (Å²) in [4.78, 5) is 8.78. The van der Waals surface area contributed by atoms with Gasteiger partial charge in [0.25, 0.3) is 0 Å². The highest BCUT2D eigenvalue weighted by Gasteiger charge is 2.27. The normalized spacial score (nSPS) is 17.5. The topological polar surface area (TPSA) is 37.8 Å². The molecule has 1 unspecified atom stereocenters. The van der Waals surface area contributed by atoms with Crippen LogP contribution in [0.4, 0.5) is 5.82 Å². The minimum absolute atomic E-state index is 0.545. The number of rotatable bonds is 4. The molecule has 2 rings (SSSR count). The van der Waals surface area contributed by atoms with E-state index in [2.05, 4.69) is 35.2 Å². The first-order chi connectivity index (χ1) is 7.19. The fraction of sp³-hybridized carbons (Fsp3) is 0.667. The van der Waals surface area contributed by atoms with Gasteiger partial charge in [-0.25, -0.2) is 9.97 Å². The summed E-state index contributed by atoms with van der Waals surface area (Å²) in [6.45, 7) is 6.31. The minimum atomic E-state index is 0.545. The van der Waals surface area contributed by atoms with Crippen LogP contribution in [0.5, 0.6) is 0 Å². The summed E-state index contributed by atoms with van der Waals surface area (Å²) >= 11 is 0. The summed E-state index contributed by atoms with van der Waals surface area (Å²) in [5.74, 6) is 2.70. The van der Waals surface area contributed by atoms with Crippen LogP contribution in [0.2, 0.25) is 0 Å². The Hall–Kier alpha value is -1.12. The summed E-state index contributed by atoms with van der Waals surface area (Å²) in [6, 6.07) is 2.61. The van der Waals surface area contributed by atoms with Crippen molar-refractivity contribution in [1.82, 2.24) is 9.97 Å². The van der Waals surface area contributed by atoms with E-state index < -0.39 is 0 Å². The van der Waals surface area contributed by atoms with Crippen LogP contribution in [0.1, 0.15) is 38.2 Å². The van der Waals surface area contributed by atoms with E-state index in [9.17, 15) is 0 Å². The Labute approximate surface area is 91.3 Å². The van der Waals surface area contributed by atoms with Crippen molar-refractivity contribution in [2.75, 3.05) is 5.32 Å². The monoisotopic (exact) mass is 205 g/mol. The van der Waals surface area contributed by atoms with Crippen molar-refractivity contribution in [2.45, 2.75) is 46.1 Å². The molecule has 0 amide bonds. The van der Waals surface area contributed by atoms with Crippen LogP contribution < -0.4 is 5.32 Å². The largest absolute Gasteiger partial charge is 0.367 e. The van der Waals surface area contributed by atoms with Gasteiger partial charge in [0.1, 0.15) is 11.6 Å². The van der Waals surface area contributed by atoms with Gasteiger partial charge in [-0.1, -0.05) is 6.92 Å². The van der Waals surface area contributed by atoms with Gasteiger partial charge in [-0.3, -0.25) is 0 Å². The molecular formula is C12H19N3. The Kier molecular flexibility index (Phi) is 2.89. The van der Waals surface area contributed by atoms with Crippen LogP contribution in [-0.4, -0.2) is 16.0 Å². The molecule has 1 N–H and O–H groups in total. The zero-order valence-corrected chi connectivity index (χ0v) is 9.75. The van der Waals surface area contributed by atoms with Crippen LogP contribution in [0.3, 0.4) is 0 Å². The predicted molar refractivity (Wildman–Crippen MR) is 62.0 cm³/mol. The fourth-order valence-electron chi connectivity index (χ4n) is 1.83. The van der Waals surface area contributed by atoms with Crippen LogP contribution in [0.15, 0.2) is 6.07 Å². The van der Waals surface area contributed by atoms with E-state index in [1.165, 1.54) is 12.8 Å². The molecule has 1 aliphatic carbocycles. The summed E-state index contributed by atoms with van der Waals surface area (Å²) in [7, 11) is 0. The Bertz CT molecular complexity index is 345. The van der Waals surface area contributed by atoms with Gasteiger partial charge in [-0.05, 0) is 39.0 Å². The minimum Gasteiger partial charge on any atom is -0.367 e. The van der Waals surface area contributed by atoms with E-state index in [1.54, 1.807) is 0 Å². The molecule has 82 valence electrons. The third kappa shape index (κ3) is 2.67. The van der Waals surface area contributed by atoms with E-state index in [-0.39, 0.29) is 0 Å². The van der Waals surface area contributed by atoms with Crippen LogP contribution in [0.25, 0.3) is 0 Å². The lowest BCUT2D eigenvalue weighted by Gasteiger charge is -2.14. The molecule has 15 heavy (non-hydrogen) atoms. The molecule has 1 atom stereocenters. The van der Waals surface area contributed by atoms with Gasteiger partial charge in [-0.2, -0.15) is 0 Å². The maximum Gasteiger partial charge on any atom is 0.130 e. The van der Waals surface area contributed by atoms with E-state index >= 15 is 0 Å². The van der Waals surface area contributed by atoms with Gasteiger partial charge in [-0.15, -0.1) is 0 Å². The Morgan fingerprint density at radius 3 is 2.80 bits per heavy atom. The lowest BCUT2D eigenvalue weighted by atomic mass is 10.2. The lowest BCUT2D eigenvalue weighted by Crippen LogP contribution is -2.18. The maximum atomic E-state index is 4.41. The van der Waals surface area contributed by atoms with Gasteiger partial charge in [0.15, 0.2) is 0 Å². The fourth-order valence-corrected chi connectivity index (χ4v) is 1.83. The van der Waals surface area contributed by atoms with Crippen molar-refractivity contribution in [3.05, 3.63) is 17.6 Å². The molecule has 0 bridgehead atoms. The van der Waals surface area contributed by atoms with Crippen molar-refractivity contribution < 1.29 is 0 Å². The van der Waals surface area contributed by atoms with Crippen molar-refractivity contribution in [2.24, 2.45) is 5.92 Å². The van der Waals surface area contributed by atoms with Crippen molar-refractivity contribution in [3.8, 4) is 0 Å². The van der Waals surface area contributed by atoms with Crippen molar-refractivity contribution >= 4 is 5.82 Å². The number of hydrogen-bond donors (Lipinski definition) is 1. The smallest absolute Gasteiger partial charge is 0.130 e. The molecule has 0 saturated heterocycles. The van der Waals surface area contributed by atoms with Crippen LogP contribution in [-0.2, 0) is 6.42 Å². The number of hydrogen-bond acceptors (Lipinski definition) is 3. The highest BCUT2D eigenvalue weighted by atomic mass is 15.1. The van der Waals surface area contributed by atoms with E-state index in [0.717, 1.165) is 29.7 Å². The highest BCUT2D eigenvalue weighted by Crippen LogP contribution is 2.33. The summed E-state index contributed by atoms with van der Waals surface area (Å²) in [5.41, 5.74) is 1.12. The van der Waals surface area contributed by atoms with E-state index in [1.807, 2.05) is 6.92 Å². The van der Waals surface area contributed by atoms with Crippen molar-refractivity contribution in [3.63, 3.8) is 0 Å². The lowest BCUT2D eigenvalue weighted by molar-refractivity contribution is 0.689. The average molecular weight is 205 g/mol. The molecule has 0 spiro atoms. The molecule has 3 nitrogen and oxygen atoms in total. The molecule has 1 aromatic heterocycles. The number of aryl methyl sites for hydroxylation is 2. The first-order valence-electron chi connectivity index (χ1n) is 5.80. The quantitative estimate of drug-likeness (QED) is 0.821. The number of nitrogens with zero attached hydrogens (tertiary/aromatic N) is 2. The van der Waals surface area contributed by atoms with Crippen molar-refractivity contribution in [1.29, 1.82) is 0 Å².